The molecule has 1 saturated heterocycles. The molecule has 0 aromatic carbocycles. The normalized spacial score (nSPS) is 21.4. The van der Waals surface area contributed by atoms with Crippen molar-refractivity contribution in [3.63, 3.8) is 0 Å². The van der Waals surface area contributed by atoms with Crippen molar-refractivity contribution in [2.75, 3.05) is 36.4 Å². The maximum absolute atomic E-state index is 4.53. The highest BCUT2D eigenvalue weighted by atomic mass is 35.5. The molecule has 0 radical (unpaired) electrons. The summed E-state index contributed by atoms with van der Waals surface area (Å²) in [6.45, 7) is 7.41. The lowest BCUT2D eigenvalue weighted by Gasteiger charge is -2.26. The van der Waals surface area contributed by atoms with Gasteiger partial charge < -0.3 is 35.0 Å². The first kappa shape index (κ1) is 15.3. The zero-order valence-electron chi connectivity index (χ0n) is 10.4. The van der Waals surface area contributed by atoms with Gasteiger partial charge in [0.05, 0.1) is 6.07 Å². The quantitative estimate of drug-likeness (QED) is 0.505. The molecule has 102 valence electrons. The highest BCUT2D eigenvalue weighted by molar-refractivity contribution is 5.47. The summed E-state index contributed by atoms with van der Waals surface area (Å²) < 4.78 is 2.18. The van der Waals surface area contributed by atoms with Crippen LogP contribution in [0.3, 0.4) is 0 Å². The number of rotatable bonds is 1. The zero-order valence-corrected chi connectivity index (χ0v) is 11.9. The molecule has 3 rings (SSSR count). The van der Waals surface area contributed by atoms with Crippen molar-refractivity contribution in [2.45, 2.75) is 19.5 Å². The van der Waals surface area contributed by atoms with Crippen molar-refractivity contribution < 1.29 is 29.4 Å². The third-order valence-corrected chi connectivity index (χ3v) is 3.21. The van der Waals surface area contributed by atoms with E-state index in [1.807, 2.05) is 6.33 Å². The summed E-state index contributed by atoms with van der Waals surface area (Å²) in [6, 6.07) is 2.68. The second kappa shape index (κ2) is 6.41. The first-order valence-corrected chi connectivity index (χ1v) is 5.94. The van der Waals surface area contributed by atoms with E-state index in [1.165, 1.54) is 5.82 Å². The number of hydrogen-bond acceptors (Lipinski definition) is 4. The summed E-state index contributed by atoms with van der Waals surface area (Å²) in [5.74, 6) is 2.28. The summed E-state index contributed by atoms with van der Waals surface area (Å²) in [5, 5.41) is 6.81. The largest absolute Gasteiger partial charge is 1.00 e. The number of halogens is 2. The van der Waals surface area contributed by atoms with Crippen LogP contribution in [0.1, 0.15) is 6.92 Å². The lowest BCUT2D eigenvalue weighted by atomic mass is 10.3. The molecule has 2 aliphatic heterocycles. The molecule has 0 saturated carbocycles. The fraction of sp³-hybridized carbons (Fsp3) is 0.636. The van der Waals surface area contributed by atoms with Crippen LogP contribution in [0.4, 0.5) is 11.6 Å². The van der Waals surface area contributed by atoms with Gasteiger partial charge in [0.2, 0.25) is 18.0 Å². The minimum absolute atomic E-state index is 0. The molecule has 7 heteroatoms. The fourth-order valence-corrected chi connectivity index (χ4v) is 2.36. The average molecular weight is 291 g/mol. The van der Waals surface area contributed by atoms with Gasteiger partial charge in [0.1, 0.15) is 12.6 Å². The van der Waals surface area contributed by atoms with Crippen LogP contribution in [0.2, 0.25) is 0 Å². The fourth-order valence-electron chi connectivity index (χ4n) is 2.36. The van der Waals surface area contributed by atoms with Gasteiger partial charge in [0.25, 0.3) is 0 Å². The predicted octanol–water partition coefficient (Wildman–Crippen LogP) is -6.40. The van der Waals surface area contributed by atoms with E-state index in [4.69, 9.17) is 0 Å². The summed E-state index contributed by atoms with van der Waals surface area (Å²) >= 11 is 0. The Labute approximate surface area is 120 Å². The van der Waals surface area contributed by atoms with E-state index >= 15 is 0 Å². The van der Waals surface area contributed by atoms with E-state index < -0.39 is 0 Å². The zero-order chi connectivity index (χ0) is 11.0. The van der Waals surface area contributed by atoms with E-state index in [-0.39, 0.29) is 24.8 Å². The Morgan fingerprint density at radius 3 is 2.78 bits per heavy atom. The molecule has 0 bridgehead atoms. The SMILES string of the molecule is CC1C[n+]2cnc(N3CCNCC3)cc2N1.[Cl-].[Cl-]. The smallest absolute Gasteiger partial charge is 0.228 e. The van der Waals surface area contributed by atoms with Crippen molar-refractivity contribution in [3.05, 3.63) is 12.4 Å². The van der Waals surface area contributed by atoms with Crippen LogP contribution in [0.5, 0.6) is 0 Å². The van der Waals surface area contributed by atoms with Gasteiger partial charge in [0, 0.05) is 26.2 Å². The summed E-state index contributed by atoms with van der Waals surface area (Å²) in [6.07, 6.45) is 1.95. The summed E-state index contributed by atoms with van der Waals surface area (Å²) in [4.78, 5) is 6.86. The number of anilines is 2. The Hall–Kier alpha value is -0.780. The van der Waals surface area contributed by atoms with Gasteiger partial charge in [-0.3, -0.25) is 5.32 Å². The van der Waals surface area contributed by atoms with Gasteiger partial charge in [-0.2, -0.15) is 0 Å². The molecule has 0 spiro atoms. The van der Waals surface area contributed by atoms with Crippen LogP contribution in [0, 0.1) is 0 Å². The van der Waals surface area contributed by atoms with Crippen molar-refractivity contribution in [1.82, 2.24) is 10.3 Å². The van der Waals surface area contributed by atoms with Crippen LogP contribution < -0.4 is 44.9 Å². The number of hydrogen-bond donors (Lipinski definition) is 2. The molecule has 0 amide bonds. The van der Waals surface area contributed by atoms with Gasteiger partial charge in [-0.1, -0.05) is 4.98 Å². The Balaban J connectivity index is 0.000000810. The lowest BCUT2D eigenvalue weighted by molar-refractivity contribution is -0.676. The molecule has 1 aromatic heterocycles. The number of piperazine rings is 1. The van der Waals surface area contributed by atoms with Gasteiger partial charge in [-0.15, -0.1) is 0 Å². The lowest BCUT2D eigenvalue weighted by Crippen LogP contribution is -3.00. The van der Waals surface area contributed by atoms with Crippen LogP contribution >= 0.6 is 0 Å². The highest BCUT2D eigenvalue weighted by Crippen LogP contribution is 2.17. The van der Waals surface area contributed by atoms with E-state index in [0.717, 1.165) is 38.5 Å². The summed E-state index contributed by atoms with van der Waals surface area (Å²) in [7, 11) is 0. The van der Waals surface area contributed by atoms with Crippen molar-refractivity contribution in [3.8, 4) is 0 Å². The monoisotopic (exact) mass is 290 g/mol. The molecular weight excluding hydrogens is 273 g/mol. The minimum atomic E-state index is 0. The van der Waals surface area contributed by atoms with E-state index in [9.17, 15) is 0 Å². The van der Waals surface area contributed by atoms with E-state index in [1.54, 1.807) is 0 Å². The van der Waals surface area contributed by atoms with Gasteiger partial charge in [-0.05, 0) is 6.92 Å². The van der Waals surface area contributed by atoms with Crippen molar-refractivity contribution in [1.29, 1.82) is 0 Å². The van der Waals surface area contributed by atoms with Crippen LogP contribution in [-0.4, -0.2) is 37.2 Å². The second-order valence-electron chi connectivity index (χ2n) is 4.57. The third-order valence-electron chi connectivity index (χ3n) is 3.21. The molecule has 1 aromatic rings. The van der Waals surface area contributed by atoms with Gasteiger partial charge in [0.15, 0.2) is 0 Å². The maximum Gasteiger partial charge on any atom is 0.228 e. The molecule has 3 heterocycles. The Bertz CT molecular complexity index is 395. The first-order valence-electron chi connectivity index (χ1n) is 5.94. The van der Waals surface area contributed by atoms with E-state index in [0.29, 0.717) is 6.04 Å². The molecule has 0 aliphatic carbocycles. The first-order chi connectivity index (χ1) is 7.83. The average Bonchev–Trinajstić information content (AvgIpc) is 2.69. The Kier molecular flexibility index (Phi) is 5.44. The Morgan fingerprint density at radius 2 is 2.06 bits per heavy atom. The van der Waals surface area contributed by atoms with Crippen LogP contribution in [0.25, 0.3) is 0 Å². The molecule has 18 heavy (non-hydrogen) atoms. The van der Waals surface area contributed by atoms with Crippen molar-refractivity contribution in [2.24, 2.45) is 0 Å². The van der Waals surface area contributed by atoms with E-state index in [2.05, 4.69) is 38.1 Å². The summed E-state index contributed by atoms with van der Waals surface area (Å²) in [5.41, 5.74) is 0. The standard InChI is InChI=1S/C11H17N5.2ClH/c1-9-7-16-8-13-10(6-11(16)14-9)15-4-2-12-3-5-15;;/h6,8-9,12H,2-5,7H2,1H3;2*1H/p-1. The molecule has 2 aliphatic rings. The molecule has 1 unspecified atom stereocenters. The number of fused-ring (bicyclic) bond motifs is 1. The molecular formula is C11H18Cl2N5-. The van der Waals surface area contributed by atoms with Gasteiger partial charge >= 0.3 is 0 Å². The van der Waals surface area contributed by atoms with Gasteiger partial charge in [-0.25, -0.2) is 4.57 Å². The molecule has 1 atom stereocenters. The topological polar surface area (TPSA) is 44.1 Å². The molecule has 1 fully saturated rings. The second-order valence-corrected chi connectivity index (χ2v) is 4.57. The number of nitrogens with one attached hydrogen (secondary N) is 2. The van der Waals surface area contributed by atoms with Crippen LogP contribution in [-0.2, 0) is 6.54 Å². The predicted molar refractivity (Wildman–Crippen MR) is 62.6 cm³/mol. The number of nitrogens with zero attached hydrogens (tertiary/aromatic N) is 3. The minimum Gasteiger partial charge on any atom is -1.00 e. The highest BCUT2D eigenvalue weighted by Gasteiger charge is 2.24. The molecule has 5 nitrogen and oxygen atoms in total. The Morgan fingerprint density at radius 1 is 1.33 bits per heavy atom. The van der Waals surface area contributed by atoms with Crippen LogP contribution in [0.15, 0.2) is 12.4 Å². The third kappa shape index (κ3) is 2.96. The maximum atomic E-state index is 4.53. The molecule has 2 N–H and O–H groups in total. The van der Waals surface area contributed by atoms with Crippen molar-refractivity contribution >= 4 is 11.6 Å². The number of aromatic nitrogens is 2.